The molecule has 0 aliphatic heterocycles. The fourth-order valence-electron chi connectivity index (χ4n) is 1.30. The van der Waals surface area contributed by atoms with E-state index >= 15 is 0 Å². The minimum Gasteiger partial charge on any atom is -0.480 e. The van der Waals surface area contributed by atoms with Crippen LogP contribution in [0, 0.1) is 0 Å². The summed E-state index contributed by atoms with van der Waals surface area (Å²) in [6.45, 7) is 3.80. The molecule has 0 saturated carbocycles. The second-order valence-corrected chi connectivity index (χ2v) is 6.85. The van der Waals surface area contributed by atoms with Crippen LogP contribution in [0.2, 0.25) is 0 Å². The first-order valence-electron chi connectivity index (χ1n) is 6.11. The molecule has 0 rings (SSSR count). The van der Waals surface area contributed by atoms with Gasteiger partial charge in [-0.15, -0.1) is 0 Å². The summed E-state index contributed by atoms with van der Waals surface area (Å²) in [4.78, 5) is 12.5. The van der Waals surface area contributed by atoms with Crippen LogP contribution < -0.4 is 0 Å². The molecule has 0 saturated heterocycles. The number of nitrogens with zero attached hydrogens (tertiary/aromatic N) is 2. The molecular formula is C11H24N2O5S. The van der Waals surface area contributed by atoms with E-state index in [2.05, 4.69) is 0 Å². The van der Waals surface area contributed by atoms with Crippen LogP contribution in [0.3, 0.4) is 0 Å². The predicted molar refractivity (Wildman–Crippen MR) is 72.6 cm³/mol. The van der Waals surface area contributed by atoms with Gasteiger partial charge in [0.05, 0.1) is 18.5 Å². The van der Waals surface area contributed by atoms with Gasteiger partial charge < -0.3 is 14.7 Å². The van der Waals surface area contributed by atoms with Crippen molar-refractivity contribution in [1.82, 2.24) is 9.21 Å². The Bertz CT molecular complexity index is 367. The maximum atomic E-state index is 12.0. The van der Waals surface area contributed by atoms with Crippen molar-refractivity contribution in [2.45, 2.75) is 20.0 Å². The molecule has 0 aliphatic carbocycles. The number of sulfonamides is 1. The molecule has 0 fully saturated rings. The molecule has 0 bridgehead atoms. The van der Waals surface area contributed by atoms with Gasteiger partial charge in [0.1, 0.15) is 6.54 Å². The molecule has 1 N–H and O–H groups in total. The second kappa shape index (κ2) is 8.47. The molecule has 0 unspecified atom stereocenters. The van der Waals surface area contributed by atoms with Crippen molar-refractivity contribution in [2.24, 2.45) is 0 Å². The van der Waals surface area contributed by atoms with Crippen LogP contribution >= 0.6 is 0 Å². The Morgan fingerprint density at radius 2 is 1.84 bits per heavy atom. The number of hydrogen-bond donors (Lipinski definition) is 1. The smallest absolute Gasteiger partial charge is 0.318 e. The maximum Gasteiger partial charge on any atom is 0.318 e. The van der Waals surface area contributed by atoms with Gasteiger partial charge in [0.15, 0.2) is 0 Å². The normalized spacial score (nSPS) is 12.6. The third-order valence-corrected chi connectivity index (χ3v) is 4.08. The van der Waals surface area contributed by atoms with E-state index in [9.17, 15) is 13.2 Å². The topological polar surface area (TPSA) is 87.2 Å². The first-order chi connectivity index (χ1) is 8.65. The van der Waals surface area contributed by atoms with Gasteiger partial charge in [0, 0.05) is 13.1 Å². The molecule has 0 atom stereocenters. The van der Waals surface area contributed by atoms with Crippen LogP contribution in [-0.2, 0) is 19.6 Å². The van der Waals surface area contributed by atoms with Crippen molar-refractivity contribution in [2.75, 3.05) is 46.1 Å². The molecule has 0 radical (unpaired) electrons. The monoisotopic (exact) mass is 296 g/mol. The summed E-state index contributed by atoms with van der Waals surface area (Å²) in [5.74, 6) is -1.36. The van der Waals surface area contributed by atoms with Crippen molar-refractivity contribution in [3.05, 3.63) is 0 Å². The number of rotatable bonds is 10. The van der Waals surface area contributed by atoms with Crippen molar-refractivity contribution in [1.29, 1.82) is 0 Å². The number of ether oxygens (including phenoxy) is 1. The Kier molecular flexibility index (Phi) is 8.15. The van der Waals surface area contributed by atoms with Crippen LogP contribution in [0.4, 0.5) is 0 Å². The Balaban J connectivity index is 4.57. The van der Waals surface area contributed by atoms with Crippen molar-refractivity contribution < 1.29 is 23.1 Å². The summed E-state index contributed by atoms with van der Waals surface area (Å²) in [5.41, 5.74) is 0. The van der Waals surface area contributed by atoms with E-state index < -0.39 is 22.5 Å². The van der Waals surface area contributed by atoms with Gasteiger partial charge >= 0.3 is 5.97 Å². The summed E-state index contributed by atoms with van der Waals surface area (Å²) in [5, 5.41) is 8.78. The number of carboxylic acid groups (broad SMARTS) is 1. The molecule has 0 aromatic carbocycles. The Morgan fingerprint density at radius 3 is 2.26 bits per heavy atom. The standard InChI is InChI=1S/C11H24N2O5S/c1-10(2)18-7-8-19(16,17)13(9-11(14)15)6-5-12(3)4/h10H,5-9H2,1-4H3,(H,14,15). The van der Waals surface area contributed by atoms with Crippen molar-refractivity contribution in [3.63, 3.8) is 0 Å². The molecule has 0 amide bonds. The Labute approximate surface area is 115 Å². The van der Waals surface area contributed by atoms with Gasteiger partial charge in [-0.3, -0.25) is 4.79 Å². The third kappa shape index (κ3) is 8.93. The highest BCUT2D eigenvalue weighted by atomic mass is 32.2. The second-order valence-electron chi connectivity index (χ2n) is 4.77. The minimum absolute atomic E-state index is 0.0510. The summed E-state index contributed by atoms with van der Waals surface area (Å²) >= 11 is 0. The average molecular weight is 296 g/mol. The molecule has 0 aromatic heterocycles. The number of likely N-dealkylation sites (N-methyl/N-ethyl adjacent to an activating group) is 1. The predicted octanol–water partition coefficient (Wildman–Crippen LogP) is -0.311. The zero-order chi connectivity index (χ0) is 15.1. The van der Waals surface area contributed by atoms with Crippen molar-refractivity contribution >= 4 is 16.0 Å². The highest BCUT2D eigenvalue weighted by Crippen LogP contribution is 2.03. The molecular weight excluding hydrogens is 272 g/mol. The summed E-state index contributed by atoms with van der Waals surface area (Å²) < 4.78 is 30.2. The molecule has 0 aromatic rings. The van der Waals surface area contributed by atoms with Crippen LogP contribution in [0.25, 0.3) is 0 Å². The first kappa shape index (κ1) is 18.3. The number of carboxylic acids is 1. The summed E-state index contributed by atoms with van der Waals surface area (Å²) in [7, 11) is -0.00984. The lowest BCUT2D eigenvalue weighted by Gasteiger charge is -2.22. The number of hydrogen-bond acceptors (Lipinski definition) is 5. The zero-order valence-electron chi connectivity index (χ0n) is 12.0. The fraction of sp³-hybridized carbons (Fsp3) is 0.909. The zero-order valence-corrected chi connectivity index (χ0v) is 12.8. The van der Waals surface area contributed by atoms with Crippen LogP contribution in [0.15, 0.2) is 0 Å². The van der Waals surface area contributed by atoms with Gasteiger partial charge in [-0.05, 0) is 27.9 Å². The molecule has 0 spiro atoms. The highest BCUT2D eigenvalue weighted by molar-refractivity contribution is 7.89. The lowest BCUT2D eigenvalue weighted by Crippen LogP contribution is -2.41. The van der Waals surface area contributed by atoms with E-state index in [4.69, 9.17) is 9.84 Å². The van der Waals surface area contributed by atoms with Crippen molar-refractivity contribution in [3.8, 4) is 0 Å². The number of carbonyl (C=O) groups is 1. The Morgan fingerprint density at radius 1 is 1.26 bits per heavy atom. The van der Waals surface area contributed by atoms with Gasteiger partial charge in [-0.1, -0.05) is 0 Å². The SMILES string of the molecule is CC(C)OCCS(=O)(=O)N(CCN(C)C)CC(=O)O. The molecule has 7 nitrogen and oxygen atoms in total. The largest absolute Gasteiger partial charge is 0.480 e. The number of aliphatic carboxylic acids is 1. The van der Waals surface area contributed by atoms with E-state index in [0.29, 0.717) is 6.54 Å². The van der Waals surface area contributed by atoms with Gasteiger partial charge in [0.2, 0.25) is 10.0 Å². The maximum absolute atomic E-state index is 12.0. The van der Waals surface area contributed by atoms with E-state index in [1.165, 1.54) is 0 Å². The van der Waals surface area contributed by atoms with Gasteiger partial charge in [-0.25, -0.2) is 8.42 Å². The highest BCUT2D eigenvalue weighted by Gasteiger charge is 2.24. The average Bonchev–Trinajstić information content (AvgIpc) is 2.22. The lowest BCUT2D eigenvalue weighted by atomic mass is 10.5. The third-order valence-electron chi connectivity index (χ3n) is 2.29. The molecule has 0 aliphatic rings. The van der Waals surface area contributed by atoms with Gasteiger partial charge in [0.25, 0.3) is 0 Å². The first-order valence-corrected chi connectivity index (χ1v) is 7.72. The molecule has 0 heterocycles. The van der Waals surface area contributed by atoms with Gasteiger partial charge in [-0.2, -0.15) is 4.31 Å². The minimum atomic E-state index is -3.61. The van der Waals surface area contributed by atoms with Crippen LogP contribution in [0.5, 0.6) is 0 Å². The fourth-order valence-corrected chi connectivity index (χ4v) is 2.53. The van der Waals surface area contributed by atoms with Crippen LogP contribution in [0.1, 0.15) is 13.8 Å². The summed E-state index contributed by atoms with van der Waals surface area (Å²) in [6, 6.07) is 0. The molecule has 114 valence electrons. The summed E-state index contributed by atoms with van der Waals surface area (Å²) in [6.07, 6.45) is -0.0510. The molecule has 19 heavy (non-hydrogen) atoms. The lowest BCUT2D eigenvalue weighted by molar-refractivity contribution is -0.137. The quantitative estimate of drug-likeness (QED) is 0.595. The van der Waals surface area contributed by atoms with Crippen LogP contribution in [-0.4, -0.2) is 80.9 Å². The van der Waals surface area contributed by atoms with E-state index in [-0.39, 0.29) is 25.0 Å². The van der Waals surface area contributed by atoms with E-state index in [1.54, 1.807) is 19.0 Å². The van der Waals surface area contributed by atoms with E-state index in [1.807, 2.05) is 13.8 Å². The van der Waals surface area contributed by atoms with E-state index in [0.717, 1.165) is 4.31 Å². The molecule has 8 heteroatoms. The Hall–Kier alpha value is -0.700.